The summed E-state index contributed by atoms with van der Waals surface area (Å²) in [5, 5.41) is 14.8. The minimum Gasteiger partial charge on any atom is -0.508 e. The van der Waals surface area contributed by atoms with Crippen LogP contribution in [0.3, 0.4) is 0 Å². The van der Waals surface area contributed by atoms with Crippen molar-refractivity contribution >= 4 is 5.91 Å². The van der Waals surface area contributed by atoms with Crippen LogP contribution in [-0.2, 0) is 18.9 Å². The van der Waals surface area contributed by atoms with Crippen molar-refractivity contribution in [3.8, 4) is 5.75 Å². The molecule has 1 aliphatic carbocycles. The molecule has 2 heterocycles. The highest BCUT2D eigenvalue weighted by Crippen LogP contribution is 2.57. The maximum Gasteiger partial charge on any atom is 0.272 e. The van der Waals surface area contributed by atoms with Crippen LogP contribution in [0.2, 0.25) is 0 Å². The van der Waals surface area contributed by atoms with Crippen molar-refractivity contribution in [2.75, 3.05) is 6.54 Å². The summed E-state index contributed by atoms with van der Waals surface area (Å²) < 4.78 is 1.67. The maximum atomic E-state index is 13.3. The number of likely N-dealkylation sites (tertiary alicyclic amines) is 1. The number of hydrogen-bond donors (Lipinski definition) is 1. The highest BCUT2D eigenvalue weighted by molar-refractivity contribution is 5.93. The number of phenols is 1. The largest absolute Gasteiger partial charge is 0.508 e. The van der Waals surface area contributed by atoms with E-state index < -0.39 is 0 Å². The fourth-order valence-corrected chi connectivity index (χ4v) is 5.13. The second kappa shape index (κ2) is 5.35. The molecule has 1 unspecified atom stereocenters. The first kappa shape index (κ1) is 17.1. The van der Waals surface area contributed by atoms with Gasteiger partial charge >= 0.3 is 0 Å². The second-order valence-electron chi connectivity index (χ2n) is 8.62. The number of carbonyl (C=O) groups excluding carboxylic acids is 1. The van der Waals surface area contributed by atoms with Gasteiger partial charge in [0.1, 0.15) is 11.4 Å². The van der Waals surface area contributed by atoms with Crippen molar-refractivity contribution < 1.29 is 9.90 Å². The average molecular weight is 353 g/mol. The SMILES string of the molecule is Cc1cc(C(=O)N2CC[C@@]3(C)c4cccc(O)c4CC2C3(C)C)n(C)n1. The number of amides is 1. The molecule has 1 aliphatic heterocycles. The Balaban J connectivity index is 1.81. The van der Waals surface area contributed by atoms with Gasteiger partial charge < -0.3 is 10.0 Å². The number of nitrogens with zero attached hydrogens (tertiary/aromatic N) is 3. The van der Waals surface area contributed by atoms with Gasteiger partial charge in [0.2, 0.25) is 0 Å². The first-order chi connectivity index (χ1) is 12.2. The van der Waals surface area contributed by atoms with Crippen molar-refractivity contribution in [2.24, 2.45) is 12.5 Å². The van der Waals surface area contributed by atoms with E-state index in [1.165, 1.54) is 5.56 Å². The van der Waals surface area contributed by atoms with Gasteiger partial charge in [-0.3, -0.25) is 9.48 Å². The number of rotatable bonds is 1. The van der Waals surface area contributed by atoms with E-state index in [0.29, 0.717) is 17.9 Å². The Hall–Kier alpha value is -2.30. The molecule has 1 saturated heterocycles. The zero-order chi connectivity index (χ0) is 18.9. The second-order valence-corrected chi connectivity index (χ2v) is 8.62. The minimum absolute atomic E-state index is 0.0343. The van der Waals surface area contributed by atoms with Crippen molar-refractivity contribution in [3.05, 3.63) is 46.8 Å². The van der Waals surface area contributed by atoms with E-state index in [0.717, 1.165) is 24.2 Å². The van der Waals surface area contributed by atoms with Crippen LogP contribution < -0.4 is 0 Å². The maximum absolute atomic E-state index is 13.3. The third-order valence-corrected chi connectivity index (χ3v) is 7.11. The van der Waals surface area contributed by atoms with Crippen LogP contribution in [0.1, 0.15) is 54.5 Å². The van der Waals surface area contributed by atoms with Crippen molar-refractivity contribution in [1.29, 1.82) is 0 Å². The quantitative estimate of drug-likeness (QED) is 0.856. The number of benzene rings is 1. The Morgan fingerprint density at radius 1 is 1.31 bits per heavy atom. The van der Waals surface area contributed by atoms with Crippen LogP contribution in [0.25, 0.3) is 0 Å². The van der Waals surface area contributed by atoms with Crippen LogP contribution in [-0.4, -0.2) is 38.3 Å². The van der Waals surface area contributed by atoms with Gasteiger partial charge in [-0.2, -0.15) is 5.10 Å². The van der Waals surface area contributed by atoms with Crippen LogP contribution in [0, 0.1) is 12.3 Å². The number of hydrogen-bond acceptors (Lipinski definition) is 3. The standard InChI is InChI=1S/C21H27N3O2/c1-13-11-16(23(5)22-13)19(26)24-10-9-21(4)15-7-6-8-17(25)14(15)12-18(24)20(21,2)3/h6-8,11,18,25H,9-10,12H2,1-5H3/t18?,21-/m0/s1. The number of carbonyl (C=O) groups is 1. The summed E-state index contributed by atoms with van der Waals surface area (Å²) in [5.74, 6) is 0.381. The third kappa shape index (κ3) is 2.09. The predicted molar refractivity (Wildman–Crippen MR) is 100 cm³/mol. The molecular weight excluding hydrogens is 326 g/mol. The molecule has 26 heavy (non-hydrogen) atoms. The lowest BCUT2D eigenvalue weighted by molar-refractivity contribution is -0.0271. The van der Waals surface area contributed by atoms with E-state index in [2.05, 4.69) is 31.9 Å². The van der Waals surface area contributed by atoms with Gasteiger partial charge in [-0.05, 0) is 48.4 Å². The normalized spacial score (nSPS) is 26.5. The van der Waals surface area contributed by atoms with E-state index >= 15 is 0 Å². The van der Waals surface area contributed by atoms with Gasteiger partial charge in [0.05, 0.1) is 5.69 Å². The molecule has 1 aromatic heterocycles. The molecule has 2 bridgehead atoms. The average Bonchev–Trinajstić information content (AvgIpc) is 2.89. The first-order valence-electron chi connectivity index (χ1n) is 9.30. The van der Waals surface area contributed by atoms with Gasteiger partial charge in [-0.1, -0.05) is 32.9 Å². The highest BCUT2D eigenvalue weighted by Gasteiger charge is 2.57. The molecule has 4 rings (SSSR count). The van der Waals surface area contributed by atoms with Crippen LogP contribution in [0.15, 0.2) is 24.3 Å². The molecule has 1 aromatic carbocycles. The van der Waals surface area contributed by atoms with Gasteiger partial charge in [0.25, 0.3) is 5.91 Å². The van der Waals surface area contributed by atoms with E-state index in [1.807, 2.05) is 31.0 Å². The molecule has 0 spiro atoms. The lowest BCUT2D eigenvalue weighted by Gasteiger charge is -2.60. The van der Waals surface area contributed by atoms with Gasteiger partial charge in [0, 0.05) is 25.0 Å². The molecule has 1 amide bonds. The Labute approximate surface area is 154 Å². The lowest BCUT2D eigenvalue weighted by Crippen LogP contribution is -2.65. The molecule has 2 aliphatic rings. The van der Waals surface area contributed by atoms with Crippen LogP contribution >= 0.6 is 0 Å². The summed E-state index contributed by atoms with van der Waals surface area (Å²) >= 11 is 0. The van der Waals surface area contributed by atoms with Gasteiger partial charge in [-0.15, -0.1) is 0 Å². The number of phenolic OH excluding ortho intramolecular Hbond substituents is 1. The molecule has 0 saturated carbocycles. The topological polar surface area (TPSA) is 58.4 Å². The summed E-state index contributed by atoms with van der Waals surface area (Å²) in [6, 6.07) is 7.75. The molecule has 0 radical (unpaired) electrons. The molecule has 5 nitrogen and oxygen atoms in total. The summed E-state index contributed by atoms with van der Waals surface area (Å²) in [4.78, 5) is 15.3. The number of aryl methyl sites for hydroxylation is 2. The fraction of sp³-hybridized carbons (Fsp3) is 0.524. The third-order valence-electron chi connectivity index (χ3n) is 7.11. The van der Waals surface area contributed by atoms with Gasteiger partial charge in [0.15, 0.2) is 0 Å². The zero-order valence-corrected chi connectivity index (χ0v) is 16.2. The summed E-state index contributed by atoms with van der Waals surface area (Å²) in [7, 11) is 1.82. The van der Waals surface area contributed by atoms with E-state index in [-0.39, 0.29) is 22.8 Å². The Morgan fingerprint density at radius 2 is 2.04 bits per heavy atom. The monoisotopic (exact) mass is 353 g/mol. The number of piperidine rings is 1. The van der Waals surface area contributed by atoms with Crippen molar-refractivity contribution in [2.45, 2.75) is 52.0 Å². The number of aromatic nitrogens is 2. The fourth-order valence-electron chi connectivity index (χ4n) is 5.13. The first-order valence-corrected chi connectivity index (χ1v) is 9.30. The Morgan fingerprint density at radius 3 is 2.69 bits per heavy atom. The van der Waals surface area contributed by atoms with Crippen LogP contribution in [0.4, 0.5) is 0 Å². The molecule has 1 N–H and O–H groups in total. The van der Waals surface area contributed by atoms with Crippen molar-refractivity contribution in [3.63, 3.8) is 0 Å². The number of fused-ring (bicyclic) bond motifs is 4. The van der Waals surface area contributed by atoms with E-state index in [1.54, 1.807) is 10.7 Å². The Bertz CT molecular complexity index is 899. The molecule has 2 atom stereocenters. The lowest BCUT2D eigenvalue weighted by atomic mass is 9.51. The minimum atomic E-state index is -0.0880. The molecule has 5 heteroatoms. The van der Waals surface area contributed by atoms with E-state index in [4.69, 9.17) is 0 Å². The van der Waals surface area contributed by atoms with E-state index in [9.17, 15) is 9.90 Å². The smallest absolute Gasteiger partial charge is 0.272 e. The predicted octanol–water partition coefficient (Wildman–Crippen LogP) is 3.19. The summed E-state index contributed by atoms with van der Waals surface area (Å²) in [5.41, 5.74) is 3.56. The highest BCUT2D eigenvalue weighted by atomic mass is 16.3. The Kier molecular flexibility index (Phi) is 3.52. The molecule has 1 fully saturated rings. The zero-order valence-electron chi connectivity index (χ0n) is 16.2. The molecule has 138 valence electrons. The van der Waals surface area contributed by atoms with Crippen molar-refractivity contribution in [1.82, 2.24) is 14.7 Å². The van der Waals surface area contributed by atoms with Gasteiger partial charge in [-0.25, -0.2) is 0 Å². The summed E-state index contributed by atoms with van der Waals surface area (Å²) in [6.45, 7) is 9.44. The summed E-state index contributed by atoms with van der Waals surface area (Å²) in [6.07, 6.45) is 1.57. The van der Waals surface area contributed by atoms with Crippen LogP contribution in [0.5, 0.6) is 5.75 Å². The number of aromatic hydroxyl groups is 1. The molecule has 2 aromatic rings. The molecular formula is C21H27N3O2.